The first-order chi connectivity index (χ1) is 7.18. The first-order valence-corrected chi connectivity index (χ1v) is 4.29. The second-order valence-electron chi connectivity index (χ2n) is 3.04. The highest BCUT2D eigenvalue weighted by molar-refractivity contribution is 5.95. The van der Waals surface area contributed by atoms with Gasteiger partial charge in [0.2, 0.25) is 0 Å². The first-order valence-electron chi connectivity index (χ1n) is 4.29. The maximum atomic E-state index is 10.9. The summed E-state index contributed by atoms with van der Waals surface area (Å²) in [6.45, 7) is 0. The van der Waals surface area contributed by atoms with Crippen LogP contribution in [0.5, 0.6) is 5.75 Å². The molecule has 0 unspecified atom stereocenters. The van der Waals surface area contributed by atoms with Gasteiger partial charge in [0.25, 0.3) is 5.91 Å². The second kappa shape index (κ2) is 3.45. The molecule has 1 aromatic carbocycles. The monoisotopic (exact) mass is 203 g/mol. The van der Waals surface area contributed by atoms with Crippen LogP contribution in [0.4, 0.5) is 0 Å². The van der Waals surface area contributed by atoms with E-state index in [2.05, 4.69) is 4.98 Å². The number of carbonyl (C=O) groups excluding carboxylic acids is 1. The molecule has 0 saturated carbocycles. The van der Waals surface area contributed by atoms with E-state index in [9.17, 15) is 9.90 Å². The lowest BCUT2D eigenvalue weighted by Gasteiger charge is -2.05. The average Bonchev–Trinajstić information content (AvgIpc) is 2.69. The Morgan fingerprint density at radius 3 is 2.80 bits per heavy atom. The van der Waals surface area contributed by atoms with Crippen LogP contribution >= 0.6 is 0 Å². The van der Waals surface area contributed by atoms with Gasteiger partial charge in [-0.05, 0) is 12.1 Å². The van der Waals surface area contributed by atoms with Crippen LogP contribution in [-0.2, 0) is 0 Å². The third-order valence-electron chi connectivity index (χ3n) is 2.05. The molecule has 2 rings (SSSR count). The minimum absolute atomic E-state index is 0.110. The quantitative estimate of drug-likeness (QED) is 0.752. The van der Waals surface area contributed by atoms with Gasteiger partial charge in [-0.3, -0.25) is 4.79 Å². The van der Waals surface area contributed by atoms with Crippen molar-refractivity contribution in [2.75, 3.05) is 0 Å². The van der Waals surface area contributed by atoms with Gasteiger partial charge in [0.15, 0.2) is 0 Å². The van der Waals surface area contributed by atoms with Gasteiger partial charge in [0.1, 0.15) is 5.75 Å². The molecule has 1 heterocycles. The van der Waals surface area contributed by atoms with Crippen molar-refractivity contribution in [2.45, 2.75) is 0 Å². The summed E-state index contributed by atoms with van der Waals surface area (Å²) >= 11 is 0. The molecule has 1 aromatic heterocycles. The van der Waals surface area contributed by atoms with Gasteiger partial charge in [0, 0.05) is 18.5 Å². The highest BCUT2D eigenvalue weighted by Crippen LogP contribution is 2.20. The lowest BCUT2D eigenvalue weighted by molar-refractivity contribution is 0.0998. The van der Waals surface area contributed by atoms with E-state index >= 15 is 0 Å². The number of carbonyl (C=O) groups is 1. The molecule has 0 aliphatic heterocycles. The molecule has 0 bridgehead atoms. The van der Waals surface area contributed by atoms with Crippen LogP contribution in [0.25, 0.3) is 5.69 Å². The summed E-state index contributed by atoms with van der Waals surface area (Å²) < 4.78 is 1.71. The Kier molecular flexibility index (Phi) is 2.13. The summed E-state index contributed by atoms with van der Waals surface area (Å²) in [7, 11) is 0. The Bertz CT molecular complexity index is 491. The zero-order valence-corrected chi connectivity index (χ0v) is 7.79. The van der Waals surface area contributed by atoms with E-state index in [0.29, 0.717) is 0 Å². The van der Waals surface area contributed by atoms with Crippen molar-refractivity contribution < 1.29 is 9.90 Å². The Morgan fingerprint density at radius 1 is 1.47 bits per heavy atom. The number of amides is 1. The van der Waals surface area contributed by atoms with Gasteiger partial charge >= 0.3 is 0 Å². The summed E-state index contributed by atoms with van der Waals surface area (Å²) in [6, 6.07) is 4.62. The van der Waals surface area contributed by atoms with Crippen LogP contribution < -0.4 is 5.73 Å². The minimum atomic E-state index is -0.648. The number of nitrogens with zero attached hydrogens (tertiary/aromatic N) is 2. The number of benzene rings is 1. The number of imidazole rings is 1. The second-order valence-corrected chi connectivity index (χ2v) is 3.04. The van der Waals surface area contributed by atoms with E-state index in [0.717, 1.165) is 5.69 Å². The Labute approximate surface area is 85.8 Å². The molecule has 3 N–H and O–H groups in total. The lowest BCUT2D eigenvalue weighted by atomic mass is 10.1. The molecule has 1 amide bonds. The molecule has 76 valence electrons. The normalized spacial score (nSPS) is 10.1. The van der Waals surface area contributed by atoms with Crippen molar-refractivity contribution in [1.82, 2.24) is 9.55 Å². The molecular weight excluding hydrogens is 194 g/mol. The average molecular weight is 203 g/mol. The van der Waals surface area contributed by atoms with E-state index < -0.39 is 5.91 Å². The molecule has 0 spiro atoms. The lowest BCUT2D eigenvalue weighted by Crippen LogP contribution is -2.11. The fraction of sp³-hybridized carbons (Fsp3) is 0. The predicted molar refractivity (Wildman–Crippen MR) is 53.7 cm³/mol. The number of hydrogen-bond acceptors (Lipinski definition) is 3. The smallest absolute Gasteiger partial charge is 0.252 e. The number of nitrogens with two attached hydrogens (primary N) is 1. The largest absolute Gasteiger partial charge is 0.507 e. The van der Waals surface area contributed by atoms with Crippen LogP contribution in [0.1, 0.15) is 10.4 Å². The van der Waals surface area contributed by atoms with E-state index in [1.165, 1.54) is 12.1 Å². The maximum Gasteiger partial charge on any atom is 0.252 e. The molecule has 0 atom stereocenters. The number of aromatic hydroxyl groups is 1. The van der Waals surface area contributed by atoms with E-state index in [-0.39, 0.29) is 11.3 Å². The maximum absolute atomic E-state index is 10.9. The van der Waals surface area contributed by atoms with Crippen molar-refractivity contribution in [1.29, 1.82) is 0 Å². The summed E-state index contributed by atoms with van der Waals surface area (Å²) in [5, 5.41) is 9.53. The van der Waals surface area contributed by atoms with Gasteiger partial charge in [-0.25, -0.2) is 4.98 Å². The van der Waals surface area contributed by atoms with Crippen molar-refractivity contribution in [3.8, 4) is 11.4 Å². The fourth-order valence-corrected chi connectivity index (χ4v) is 1.30. The molecule has 5 heteroatoms. The molecule has 0 radical (unpaired) electrons. The van der Waals surface area contributed by atoms with Crippen LogP contribution in [-0.4, -0.2) is 20.6 Å². The van der Waals surface area contributed by atoms with Crippen molar-refractivity contribution >= 4 is 5.91 Å². The molecule has 0 saturated heterocycles. The SMILES string of the molecule is NC(=O)c1ccc(-n2ccnc2)cc1O. The third kappa shape index (κ3) is 1.67. The van der Waals surface area contributed by atoms with Crippen LogP contribution in [0.3, 0.4) is 0 Å². The number of phenols is 1. The Balaban J connectivity index is 2.47. The summed E-state index contributed by atoms with van der Waals surface area (Å²) in [5.41, 5.74) is 5.89. The predicted octanol–water partition coefficient (Wildman–Crippen LogP) is 0.677. The third-order valence-corrected chi connectivity index (χ3v) is 2.05. The van der Waals surface area contributed by atoms with Crippen molar-refractivity contribution in [3.05, 3.63) is 42.5 Å². The molecular formula is C10H9N3O2. The molecule has 2 aromatic rings. The molecule has 0 fully saturated rings. The topological polar surface area (TPSA) is 81.1 Å². The molecule has 0 aliphatic rings. The summed E-state index contributed by atoms with van der Waals surface area (Å²) in [5.74, 6) is -0.779. The highest BCUT2D eigenvalue weighted by Gasteiger charge is 2.08. The molecule has 5 nitrogen and oxygen atoms in total. The van der Waals surface area contributed by atoms with E-state index in [4.69, 9.17) is 5.73 Å². The van der Waals surface area contributed by atoms with Gasteiger partial charge < -0.3 is 15.4 Å². The van der Waals surface area contributed by atoms with Crippen LogP contribution in [0, 0.1) is 0 Å². The number of rotatable bonds is 2. The standard InChI is InChI=1S/C10H9N3O2/c11-10(15)8-2-1-7(5-9(8)14)13-4-3-12-6-13/h1-6,14H,(H2,11,15). The summed E-state index contributed by atoms with van der Waals surface area (Å²) in [6.07, 6.45) is 4.95. The van der Waals surface area contributed by atoms with Crippen molar-refractivity contribution in [2.24, 2.45) is 5.73 Å². The zero-order valence-electron chi connectivity index (χ0n) is 7.79. The van der Waals surface area contributed by atoms with Crippen molar-refractivity contribution in [3.63, 3.8) is 0 Å². The fourth-order valence-electron chi connectivity index (χ4n) is 1.30. The van der Waals surface area contributed by atoms with Crippen LogP contribution in [0.15, 0.2) is 36.9 Å². The summed E-state index contributed by atoms with van der Waals surface area (Å²) in [4.78, 5) is 14.7. The molecule has 0 aliphatic carbocycles. The van der Waals surface area contributed by atoms with Gasteiger partial charge in [-0.15, -0.1) is 0 Å². The van der Waals surface area contributed by atoms with E-state index in [1.54, 1.807) is 29.4 Å². The Morgan fingerprint density at radius 2 is 2.27 bits per heavy atom. The highest BCUT2D eigenvalue weighted by atomic mass is 16.3. The number of primary amides is 1. The van der Waals surface area contributed by atoms with E-state index in [1.807, 2.05) is 0 Å². The molecule has 15 heavy (non-hydrogen) atoms. The first kappa shape index (κ1) is 9.26. The Hall–Kier alpha value is -2.30. The van der Waals surface area contributed by atoms with Gasteiger partial charge in [-0.1, -0.05) is 0 Å². The van der Waals surface area contributed by atoms with Gasteiger partial charge in [0.05, 0.1) is 17.6 Å². The minimum Gasteiger partial charge on any atom is -0.507 e. The van der Waals surface area contributed by atoms with Crippen LogP contribution in [0.2, 0.25) is 0 Å². The number of hydrogen-bond donors (Lipinski definition) is 2. The van der Waals surface area contributed by atoms with Gasteiger partial charge in [-0.2, -0.15) is 0 Å². The number of aromatic nitrogens is 2. The zero-order chi connectivity index (χ0) is 10.8.